The van der Waals surface area contributed by atoms with Crippen molar-refractivity contribution in [3.8, 4) is 0 Å². The number of nitrogens with two attached hydrogens (primary N) is 1. The summed E-state index contributed by atoms with van der Waals surface area (Å²) in [6.07, 6.45) is 5.35. The fraction of sp³-hybridized carbons (Fsp3) is 0.929. The average molecular weight is 255 g/mol. The van der Waals surface area contributed by atoms with Crippen LogP contribution in [-0.4, -0.2) is 42.0 Å². The maximum Gasteiger partial charge on any atom is 0.237 e. The summed E-state index contributed by atoms with van der Waals surface area (Å²) in [5.41, 5.74) is 5.92. The van der Waals surface area contributed by atoms with Crippen molar-refractivity contribution < 1.29 is 4.79 Å². The van der Waals surface area contributed by atoms with Gasteiger partial charge in [0.25, 0.3) is 0 Å². The highest BCUT2D eigenvalue weighted by Gasteiger charge is 2.28. The molecule has 0 aromatic heterocycles. The number of nitrogens with zero attached hydrogens (tertiary/aromatic N) is 1. The number of hydrogen-bond donors (Lipinski definition) is 2. The molecule has 4 nitrogen and oxygen atoms in total. The maximum atomic E-state index is 12.1. The number of carbonyl (C=O) groups is 1. The monoisotopic (exact) mass is 255 g/mol. The minimum Gasteiger partial charge on any atom is -0.352 e. The number of nitrogens with one attached hydrogen (secondary N) is 1. The van der Waals surface area contributed by atoms with E-state index in [4.69, 9.17) is 5.73 Å². The van der Waals surface area contributed by atoms with E-state index in [-0.39, 0.29) is 18.0 Å². The summed E-state index contributed by atoms with van der Waals surface area (Å²) in [5.74, 6) is 0.140. The molecule has 0 heterocycles. The van der Waals surface area contributed by atoms with E-state index < -0.39 is 0 Å². The van der Waals surface area contributed by atoms with Gasteiger partial charge in [-0.05, 0) is 53.0 Å². The average Bonchev–Trinajstić information content (AvgIpc) is 2.37. The van der Waals surface area contributed by atoms with Crippen molar-refractivity contribution in [3.63, 3.8) is 0 Å². The van der Waals surface area contributed by atoms with E-state index >= 15 is 0 Å². The van der Waals surface area contributed by atoms with Crippen LogP contribution in [-0.2, 0) is 4.79 Å². The van der Waals surface area contributed by atoms with Gasteiger partial charge in [0.15, 0.2) is 0 Å². The first-order chi connectivity index (χ1) is 8.45. The van der Waals surface area contributed by atoms with E-state index in [2.05, 4.69) is 24.2 Å². The highest BCUT2D eigenvalue weighted by atomic mass is 16.2. The summed E-state index contributed by atoms with van der Waals surface area (Å²) in [7, 11) is 2.06. The Labute approximate surface area is 111 Å². The first-order valence-corrected chi connectivity index (χ1v) is 7.23. The van der Waals surface area contributed by atoms with Gasteiger partial charge in [0.1, 0.15) is 0 Å². The van der Waals surface area contributed by atoms with Crippen LogP contribution < -0.4 is 11.1 Å². The first-order valence-electron chi connectivity index (χ1n) is 7.23. The van der Waals surface area contributed by atoms with Crippen molar-refractivity contribution in [1.82, 2.24) is 10.2 Å². The van der Waals surface area contributed by atoms with Gasteiger partial charge in [0.2, 0.25) is 5.91 Å². The van der Waals surface area contributed by atoms with Crippen LogP contribution in [0.5, 0.6) is 0 Å². The molecule has 106 valence electrons. The third kappa shape index (κ3) is 4.25. The zero-order chi connectivity index (χ0) is 13.7. The van der Waals surface area contributed by atoms with Crippen molar-refractivity contribution >= 4 is 5.91 Å². The van der Waals surface area contributed by atoms with Gasteiger partial charge in [-0.2, -0.15) is 0 Å². The predicted molar refractivity (Wildman–Crippen MR) is 75.4 cm³/mol. The summed E-state index contributed by atoms with van der Waals surface area (Å²) in [4.78, 5) is 14.3. The predicted octanol–water partition coefficient (Wildman–Crippen LogP) is 1.49. The number of rotatable bonds is 5. The van der Waals surface area contributed by atoms with Crippen LogP contribution in [0.4, 0.5) is 0 Å². The van der Waals surface area contributed by atoms with Crippen LogP contribution in [0.25, 0.3) is 0 Å². The molecule has 1 saturated carbocycles. The fourth-order valence-electron chi connectivity index (χ4n) is 2.48. The summed E-state index contributed by atoms with van der Waals surface area (Å²) in [6.45, 7) is 6.12. The number of carbonyl (C=O) groups excluding carboxylic acids is 1. The summed E-state index contributed by atoms with van der Waals surface area (Å²) < 4.78 is 0. The van der Waals surface area contributed by atoms with Gasteiger partial charge >= 0.3 is 0 Å². The lowest BCUT2D eigenvalue weighted by Crippen LogP contribution is -2.50. The Kier molecular flexibility index (Phi) is 6.09. The van der Waals surface area contributed by atoms with Crippen molar-refractivity contribution in [3.05, 3.63) is 0 Å². The van der Waals surface area contributed by atoms with Crippen molar-refractivity contribution in [1.29, 1.82) is 0 Å². The topological polar surface area (TPSA) is 58.4 Å². The molecule has 3 N–H and O–H groups in total. The van der Waals surface area contributed by atoms with Gasteiger partial charge in [-0.15, -0.1) is 0 Å². The number of likely N-dealkylation sites (N-methyl/N-ethyl adjacent to an activating group) is 1. The Morgan fingerprint density at radius 2 is 1.89 bits per heavy atom. The molecule has 0 aromatic carbocycles. The van der Waals surface area contributed by atoms with Crippen LogP contribution in [0.3, 0.4) is 0 Å². The molecule has 1 aliphatic carbocycles. The van der Waals surface area contributed by atoms with Gasteiger partial charge in [0.05, 0.1) is 6.04 Å². The second-order valence-corrected chi connectivity index (χ2v) is 5.73. The zero-order valence-electron chi connectivity index (χ0n) is 12.3. The second kappa shape index (κ2) is 7.10. The van der Waals surface area contributed by atoms with Gasteiger partial charge in [-0.25, -0.2) is 0 Å². The normalized spacial score (nSPS) is 27.9. The van der Waals surface area contributed by atoms with Crippen LogP contribution in [0.2, 0.25) is 0 Å². The smallest absolute Gasteiger partial charge is 0.237 e. The lowest BCUT2D eigenvalue weighted by molar-refractivity contribution is -0.127. The highest BCUT2D eigenvalue weighted by Crippen LogP contribution is 2.22. The molecule has 1 rings (SSSR count). The Balaban J connectivity index is 2.44. The van der Waals surface area contributed by atoms with Gasteiger partial charge < -0.3 is 11.1 Å². The van der Waals surface area contributed by atoms with Gasteiger partial charge in [-0.1, -0.05) is 6.92 Å². The van der Waals surface area contributed by atoms with Crippen LogP contribution in [0.1, 0.15) is 52.9 Å². The largest absolute Gasteiger partial charge is 0.352 e. The third-order valence-electron chi connectivity index (χ3n) is 4.31. The summed E-state index contributed by atoms with van der Waals surface area (Å²) in [6, 6.07) is 1.06. The molecular weight excluding hydrogens is 226 g/mol. The van der Waals surface area contributed by atoms with E-state index in [1.165, 1.54) is 0 Å². The molecule has 0 saturated heterocycles. The molecule has 18 heavy (non-hydrogen) atoms. The molecule has 0 bridgehead atoms. The number of amides is 1. The summed E-state index contributed by atoms with van der Waals surface area (Å²) >= 11 is 0. The highest BCUT2D eigenvalue weighted by molar-refractivity contribution is 5.81. The number of hydrogen-bond acceptors (Lipinski definition) is 3. The van der Waals surface area contributed by atoms with E-state index in [0.717, 1.165) is 32.1 Å². The Morgan fingerprint density at radius 1 is 1.33 bits per heavy atom. The second-order valence-electron chi connectivity index (χ2n) is 5.73. The Bertz CT molecular complexity index is 262. The molecule has 2 unspecified atom stereocenters. The van der Waals surface area contributed by atoms with E-state index in [0.29, 0.717) is 12.1 Å². The minimum absolute atomic E-state index is 0.0571. The quantitative estimate of drug-likeness (QED) is 0.782. The molecular formula is C14H29N3O. The zero-order valence-corrected chi connectivity index (χ0v) is 12.3. The molecule has 1 aliphatic rings. The van der Waals surface area contributed by atoms with E-state index in [9.17, 15) is 4.79 Å². The van der Waals surface area contributed by atoms with Crippen LogP contribution >= 0.6 is 0 Å². The Hall–Kier alpha value is -0.610. The standard InChI is InChI=1S/C14H29N3O/c1-5-10(2)16-14(18)11(3)17(4)13-8-6-12(15)7-9-13/h10-13H,5-9,15H2,1-4H3,(H,16,18). The first kappa shape index (κ1) is 15.4. The van der Waals surface area contributed by atoms with Gasteiger partial charge in [-0.3, -0.25) is 9.69 Å². The SMILES string of the molecule is CCC(C)NC(=O)C(C)N(C)C1CCC(N)CC1. The molecule has 2 atom stereocenters. The lowest BCUT2D eigenvalue weighted by Gasteiger charge is -2.36. The van der Waals surface area contributed by atoms with E-state index in [1.54, 1.807) is 0 Å². The Morgan fingerprint density at radius 3 is 2.39 bits per heavy atom. The van der Waals surface area contributed by atoms with Crippen molar-refractivity contribution in [2.45, 2.75) is 77.0 Å². The molecule has 0 aliphatic heterocycles. The van der Waals surface area contributed by atoms with Crippen molar-refractivity contribution in [2.24, 2.45) is 5.73 Å². The third-order valence-corrected chi connectivity index (χ3v) is 4.31. The van der Waals surface area contributed by atoms with Crippen LogP contribution in [0, 0.1) is 0 Å². The summed E-state index contributed by atoms with van der Waals surface area (Å²) in [5, 5.41) is 3.05. The molecule has 0 spiro atoms. The maximum absolute atomic E-state index is 12.1. The molecule has 1 fully saturated rings. The molecule has 1 amide bonds. The molecule has 0 aromatic rings. The fourth-order valence-corrected chi connectivity index (χ4v) is 2.48. The van der Waals surface area contributed by atoms with E-state index in [1.807, 2.05) is 13.8 Å². The van der Waals surface area contributed by atoms with Crippen LogP contribution in [0.15, 0.2) is 0 Å². The minimum atomic E-state index is -0.0571. The van der Waals surface area contributed by atoms with Crippen molar-refractivity contribution in [2.75, 3.05) is 7.05 Å². The molecule has 0 radical (unpaired) electrons. The van der Waals surface area contributed by atoms with Gasteiger partial charge in [0, 0.05) is 18.1 Å². The molecule has 4 heteroatoms. The lowest BCUT2D eigenvalue weighted by atomic mass is 9.90.